The minimum absolute atomic E-state index is 0.00331. The van der Waals surface area contributed by atoms with Gasteiger partial charge in [-0.05, 0) is 49.7 Å². The van der Waals surface area contributed by atoms with Gasteiger partial charge in [0.25, 0.3) is 5.91 Å². The topological polar surface area (TPSA) is 66.6 Å². The Morgan fingerprint density at radius 1 is 1.19 bits per heavy atom. The minimum Gasteiger partial charge on any atom is -0.508 e. The summed E-state index contributed by atoms with van der Waals surface area (Å²) in [6.45, 7) is 4.39. The van der Waals surface area contributed by atoms with Crippen molar-refractivity contribution in [2.75, 3.05) is 4.90 Å². The zero-order chi connectivity index (χ0) is 15.4. The molecule has 2 rings (SSSR count). The van der Waals surface area contributed by atoms with Gasteiger partial charge in [-0.2, -0.15) is 0 Å². The lowest BCUT2D eigenvalue weighted by Crippen LogP contribution is -2.37. The van der Waals surface area contributed by atoms with Crippen molar-refractivity contribution in [1.82, 2.24) is 0 Å². The second-order valence-corrected chi connectivity index (χ2v) is 5.19. The fraction of sp³-hybridized carbons (Fsp3) is 0.235. The molecule has 21 heavy (non-hydrogen) atoms. The number of hydrogen-bond acceptors (Lipinski definition) is 3. The van der Waals surface area contributed by atoms with Gasteiger partial charge in [0, 0.05) is 23.8 Å². The maximum absolute atomic E-state index is 12.7. The molecule has 0 heterocycles. The molecule has 0 saturated heterocycles. The predicted molar refractivity (Wildman–Crippen MR) is 84.4 cm³/mol. The van der Waals surface area contributed by atoms with E-state index in [2.05, 4.69) is 0 Å². The largest absolute Gasteiger partial charge is 0.508 e. The Morgan fingerprint density at radius 2 is 1.86 bits per heavy atom. The molecule has 0 fully saturated rings. The van der Waals surface area contributed by atoms with Crippen LogP contribution in [0.5, 0.6) is 5.75 Å². The van der Waals surface area contributed by atoms with Crippen LogP contribution in [0.3, 0.4) is 0 Å². The molecule has 2 aromatic rings. The molecular formula is C17H20N2O2. The van der Waals surface area contributed by atoms with E-state index >= 15 is 0 Å². The molecular weight excluding hydrogens is 264 g/mol. The number of carbonyl (C=O) groups is 1. The van der Waals surface area contributed by atoms with Gasteiger partial charge in [-0.3, -0.25) is 4.79 Å². The Balaban J connectivity index is 2.36. The molecule has 0 aliphatic rings. The van der Waals surface area contributed by atoms with Gasteiger partial charge in [0.1, 0.15) is 5.75 Å². The van der Waals surface area contributed by atoms with Crippen molar-refractivity contribution in [3.8, 4) is 5.75 Å². The van der Waals surface area contributed by atoms with Crippen LogP contribution in [0, 0.1) is 0 Å². The monoisotopic (exact) mass is 284 g/mol. The lowest BCUT2D eigenvalue weighted by Gasteiger charge is -2.27. The molecule has 0 atom stereocenters. The van der Waals surface area contributed by atoms with E-state index in [0.29, 0.717) is 12.1 Å². The average Bonchev–Trinajstić information content (AvgIpc) is 2.47. The highest BCUT2D eigenvalue weighted by Crippen LogP contribution is 2.22. The molecule has 110 valence electrons. The van der Waals surface area contributed by atoms with Gasteiger partial charge < -0.3 is 15.7 Å². The SMILES string of the molecule is CC(C)N(C(=O)c1cccc(O)c1)c1ccc(CN)cc1. The summed E-state index contributed by atoms with van der Waals surface area (Å²) < 4.78 is 0. The minimum atomic E-state index is -0.138. The van der Waals surface area contributed by atoms with E-state index in [-0.39, 0.29) is 17.7 Å². The van der Waals surface area contributed by atoms with Crippen LogP contribution < -0.4 is 10.6 Å². The van der Waals surface area contributed by atoms with Gasteiger partial charge in [-0.25, -0.2) is 0 Å². The van der Waals surface area contributed by atoms with Crippen molar-refractivity contribution in [3.63, 3.8) is 0 Å². The van der Waals surface area contributed by atoms with E-state index in [9.17, 15) is 9.90 Å². The van der Waals surface area contributed by atoms with Gasteiger partial charge >= 0.3 is 0 Å². The van der Waals surface area contributed by atoms with Crippen LogP contribution in [0.1, 0.15) is 29.8 Å². The molecule has 4 heteroatoms. The fourth-order valence-corrected chi connectivity index (χ4v) is 2.22. The van der Waals surface area contributed by atoms with Crippen molar-refractivity contribution in [3.05, 3.63) is 59.7 Å². The van der Waals surface area contributed by atoms with Crippen molar-refractivity contribution >= 4 is 11.6 Å². The molecule has 0 aliphatic heterocycles. The summed E-state index contributed by atoms with van der Waals surface area (Å²) in [4.78, 5) is 14.4. The lowest BCUT2D eigenvalue weighted by molar-refractivity contribution is 0.0980. The first kappa shape index (κ1) is 15.1. The molecule has 0 spiro atoms. The number of nitrogens with zero attached hydrogens (tertiary/aromatic N) is 1. The summed E-state index contributed by atoms with van der Waals surface area (Å²) >= 11 is 0. The molecule has 0 radical (unpaired) electrons. The van der Waals surface area contributed by atoms with E-state index in [4.69, 9.17) is 5.73 Å². The zero-order valence-electron chi connectivity index (χ0n) is 12.3. The number of rotatable bonds is 4. The zero-order valence-corrected chi connectivity index (χ0v) is 12.3. The maximum atomic E-state index is 12.7. The molecule has 0 saturated carbocycles. The highest BCUT2D eigenvalue weighted by molar-refractivity contribution is 6.06. The Kier molecular flexibility index (Phi) is 4.60. The lowest BCUT2D eigenvalue weighted by atomic mass is 10.1. The van der Waals surface area contributed by atoms with Crippen LogP contribution in [0.2, 0.25) is 0 Å². The van der Waals surface area contributed by atoms with E-state index < -0.39 is 0 Å². The highest BCUT2D eigenvalue weighted by atomic mass is 16.3. The van der Waals surface area contributed by atoms with Crippen LogP contribution in [0.25, 0.3) is 0 Å². The first-order valence-electron chi connectivity index (χ1n) is 6.94. The Morgan fingerprint density at radius 3 is 2.38 bits per heavy atom. The number of phenolic OH excluding ortho intramolecular Hbond substituents is 1. The number of anilines is 1. The molecule has 0 bridgehead atoms. The molecule has 2 aromatic carbocycles. The van der Waals surface area contributed by atoms with Gasteiger partial charge in [0.15, 0.2) is 0 Å². The molecule has 0 unspecified atom stereocenters. The van der Waals surface area contributed by atoms with E-state index in [1.165, 1.54) is 6.07 Å². The third-order valence-corrected chi connectivity index (χ3v) is 3.28. The second kappa shape index (κ2) is 6.41. The van der Waals surface area contributed by atoms with Crippen molar-refractivity contribution < 1.29 is 9.90 Å². The molecule has 3 N–H and O–H groups in total. The van der Waals surface area contributed by atoms with Crippen LogP contribution in [0.15, 0.2) is 48.5 Å². The van der Waals surface area contributed by atoms with E-state index in [0.717, 1.165) is 11.3 Å². The standard InChI is InChI=1S/C17H20N2O2/c1-12(2)19(15-8-6-13(11-18)7-9-15)17(21)14-4-3-5-16(20)10-14/h3-10,12,20H,11,18H2,1-2H3. The van der Waals surface area contributed by atoms with Crippen molar-refractivity contribution in [2.24, 2.45) is 5.73 Å². The van der Waals surface area contributed by atoms with Crippen LogP contribution in [-0.4, -0.2) is 17.1 Å². The summed E-state index contributed by atoms with van der Waals surface area (Å²) in [6, 6.07) is 14.0. The normalized spacial score (nSPS) is 10.7. The Hall–Kier alpha value is -2.33. The summed E-state index contributed by atoms with van der Waals surface area (Å²) in [5.41, 5.74) is 7.90. The van der Waals surface area contributed by atoms with E-state index in [1.807, 2.05) is 38.1 Å². The molecule has 0 aliphatic carbocycles. The number of amides is 1. The quantitative estimate of drug-likeness (QED) is 0.907. The summed E-state index contributed by atoms with van der Waals surface area (Å²) in [7, 11) is 0. The maximum Gasteiger partial charge on any atom is 0.258 e. The van der Waals surface area contributed by atoms with Gasteiger partial charge in [-0.15, -0.1) is 0 Å². The molecule has 0 aromatic heterocycles. The molecule has 4 nitrogen and oxygen atoms in total. The number of aromatic hydroxyl groups is 1. The second-order valence-electron chi connectivity index (χ2n) is 5.19. The summed E-state index contributed by atoms with van der Waals surface area (Å²) in [5.74, 6) is -0.0514. The van der Waals surface area contributed by atoms with Gasteiger partial charge in [-0.1, -0.05) is 18.2 Å². The predicted octanol–water partition coefficient (Wildman–Crippen LogP) is 2.91. The number of hydrogen-bond donors (Lipinski definition) is 2. The number of nitrogens with two attached hydrogens (primary N) is 1. The average molecular weight is 284 g/mol. The number of carbonyl (C=O) groups excluding carboxylic acids is 1. The third-order valence-electron chi connectivity index (χ3n) is 3.28. The van der Waals surface area contributed by atoms with Crippen LogP contribution in [0.4, 0.5) is 5.69 Å². The fourth-order valence-electron chi connectivity index (χ4n) is 2.22. The van der Waals surface area contributed by atoms with Crippen molar-refractivity contribution in [1.29, 1.82) is 0 Å². The first-order chi connectivity index (χ1) is 10.0. The van der Waals surface area contributed by atoms with Crippen molar-refractivity contribution in [2.45, 2.75) is 26.4 Å². The first-order valence-corrected chi connectivity index (χ1v) is 6.94. The Bertz CT molecular complexity index is 621. The number of benzene rings is 2. The van der Waals surface area contributed by atoms with Gasteiger partial charge in [0.05, 0.1) is 0 Å². The highest BCUT2D eigenvalue weighted by Gasteiger charge is 2.20. The van der Waals surface area contributed by atoms with Crippen LogP contribution in [-0.2, 0) is 6.54 Å². The van der Waals surface area contributed by atoms with Crippen LogP contribution >= 0.6 is 0 Å². The smallest absolute Gasteiger partial charge is 0.258 e. The third kappa shape index (κ3) is 3.41. The summed E-state index contributed by atoms with van der Waals surface area (Å²) in [6.07, 6.45) is 0. The summed E-state index contributed by atoms with van der Waals surface area (Å²) in [5, 5.41) is 9.54. The molecule has 1 amide bonds. The van der Waals surface area contributed by atoms with Gasteiger partial charge in [0.2, 0.25) is 0 Å². The Labute approximate surface area is 124 Å². The number of phenols is 1. The van der Waals surface area contributed by atoms with E-state index in [1.54, 1.807) is 23.1 Å².